The number of nitrogens with zero attached hydrogens (tertiary/aromatic N) is 1. The van der Waals surface area contributed by atoms with Crippen molar-refractivity contribution in [1.29, 1.82) is 0 Å². The van der Waals surface area contributed by atoms with Gasteiger partial charge in [0, 0.05) is 22.6 Å². The minimum Gasteiger partial charge on any atom is -0.344 e. The first kappa shape index (κ1) is 30.5. The highest BCUT2D eigenvalue weighted by molar-refractivity contribution is 14.1. The average molecular weight is 614 g/mol. The number of benzene rings is 1. The van der Waals surface area contributed by atoms with Crippen LogP contribution >= 0.6 is 22.6 Å². The Hall–Kier alpha value is -1.68. The second kappa shape index (κ2) is 14.3. The number of nitrogens with one attached hydrogen (secondary N) is 2. The molecule has 7 nitrogen and oxygen atoms in total. The Labute approximate surface area is 230 Å². The van der Waals surface area contributed by atoms with E-state index in [4.69, 9.17) is 4.84 Å². The third-order valence-corrected chi connectivity index (χ3v) is 6.97. The van der Waals surface area contributed by atoms with Gasteiger partial charge < -0.3 is 10.2 Å². The summed E-state index contributed by atoms with van der Waals surface area (Å²) in [5, 5.41) is 3.05. The summed E-state index contributed by atoms with van der Waals surface area (Å²) < 4.78 is 1.13. The number of amides is 3. The molecule has 1 fully saturated rings. The molecule has 1 aromatic rings. The number of hydrogen-bond acceptors (Lipinski definition) is 4. The Kier molecular flexibility index (Phi) is 12.1. The molecule has 0 aromatic heterocycles. The lowest BCUT2D eigenvalue weighted by Gasteiger charge is -2.30. The Morgan fingerprint density at radius 1 is 1.17 bits per heavy atom. The fourth-order valence-electron chi connectivity index (χ4n) is 4.60. The largest absolute Gasteiger partial charge is 0.344 e. The van der Waals surface area contributed by atoms with E-state index in [1.54, 1.807) is 0 Å². The van der Waals surface area contributed by atoms with Crippen LogP contribution in [0.3, 0.4) is 0 Å². The first-order valence-corrected chi connectivity index (χ1v) is 14.3. The molecule has 0 radical (unpaired) electrons. The lowest BCUT2D eigenvalue weighted by Crippen LogP contribution is -2.51. The number of hydroxylamine groups is 1. The molecule has 2 rings (SSSR count). The van der Waals surface area contributed by atoms with E-state index < -0.39 is 23.5 Å². The van der Waals surface area contributed by atoms with Gasteiger partial charge in [-0.3, -0.25) is 19.2 Å². The van der Waals surface area contributed by atoms with Crippen LogP contribution < -0.4 is 10.8 Å². The Balaban J connectivity index is 2.18. The van der Waals surface area contributed by atoms with Crippen LogP contribution in [0.5, 0.6) is 0 Å². The minimum absolute atomic E-state index is 0.0458. The Morgan fingerprint density at radius 2 is 1.89 bits per heavy atom. The third-order valence-electron chi connectivity index (χ3n) is 6.30. The number of halogens is 1. The summed E-state index contributed by atoms with van der Waals surface area (Å²) in [5.74, 6) is -1.38. The van der Waals surface area contributed by atoms with Crippen molar-refractivity contribution in [3.05, 3.63) is 33.4 Å². The van der Waals surface area contributed by atoms with Gasteiger partial charge in [0.05, 0.1) is 11.5 Å². The van der Waals surface area contributed by atoms with E-state index in [0.29, 0.717) is 32.4 Å². The van der Waals surface area contributed by atoms with Crippen LogP contribution in [0.4, 0.5) is 0 Å². The molecule has 3 atom stereocenters. The maximum Gasteiger partial charge on any atom is 0.247 e. The van der Waals surface area contributed by atoms with Crippen molar-refractivity contribution < 1.29 is 19.2 Å². The van der Waals surface area contributed by atoms with Gasteiger partial charge in [0.25, 0.3) is 0 Å². The summed E-state index contributed by atoms with van der Waals surface area (Å²) in [6, 6.07) is 7.56. The van der Waals surface area contributed by atoms with Crippen LogP contribution in [0.25, 0.3) is 0 Å². The predicted octanol–water partition coefficient (Wildman–Crippen LogP) is 5.21. The number of carbonyl (C=O) groups excluding carboxylic acids is 3. The minimum atomic E-state index is -0.575. The fraction of sp³-hybridized carbons (Fsp3) is 0.679. The SMILES string of the molecule is CCC[C@H](C(=O)NOC(C)(C)C)C(CC(C)C)C(=O)N[C@H]1CCCCN(Cc2cccc(I)c2)C1=O. The van der Waals surface area contributed by atoms with E-state index in [9.17, 15) is 14.4 Å². The molecule has 0 saturated carbocycles. The maximum atomic E-state index is 13.6. The summed E-state index contributed by atoms with van der Waals surface area (Å²) >= 11 is 2.28. The van der Waals surface area contributed by atoms with Crippen molar-refractivity contribution in [3.8, 4) is 0 Å². The van der Waals surface area contributed by atoms with E-state index in [2.05, 4.69) is 39.5 Å². The van der Waals surface area contributed by atoms with Crippen LogP contribution in [0.1, 0.15) is 85.6 Å². The summed E-state index contributed by atoms with van der Waals surface area (Å²) in [5.41, 5.74) is 3.13. The Bertz CT molecular complexity index is 884. The second-order valence-electron chi connectivity index (χ2n) is 11.3. The summed E-state index contributed by atoms with van der Waals surface area (Å²) in [6.45, 7) is 12.9. The molecule has 0 aliphatic carbocycles. The van der Waals surface area contributed by atoms with Crippen molar-refractivity contribution >= 4 is 40.3 Å². The maximum absolute atomic E-state index is 13.6. The highest BCUT2D eigenvalue weighted by Gasteiger charge is 2.37. The van der Waals surface area contributed by atoms with E-state index in [0.717, 1.165) is 28.4 Å². The molecule has 0 spiro atoms. The molecule has 3 amide bonds. The van der Waals surface area contributed by atoms with Gasteiger partial charge >= 0.3 is 0 Å². The fourth-order valence-corrected chi connectivity index (χ4v) is 5.21. The predicted molar refractivity (Wildman–Crippen MR) is 151 cm³/mol. The first-order valence-electron chi connectivity index (χ1n) is 13.2. The number of rotatable bonds is 11. The highest BCUT2D eigenvalue weighted by Crippen LogP contribution is 2.27. The van der Waals surface area contributed by atoms with Gasteiger partial charge in [-0.2, -0.15) is 0 Å². The van der Waals surface area contributed by atoms with Crippen molar-refractivity contribution in [2.24, 2.45) is 17.8 Å². The van der Waals surface area contributed by atoms with Gasteiger partial charge in [0.15, 0.2) is 0 Å². The molecule has 8 heteroatoms. The molecule has 202 valence electrons. The third kappa shape index (κ3) is 10.00. The zero-order valence-electron chi connectivity index (χ0n) is 22.7. The summed E-state index contributed by atoms with van der Waals surface area (Å²) in [4.78, 5) is 47.6. The summed E-state index contributed by atoms with van der Waals surface area (Å²) in [7, 11) is 0. The highest BCUT2D eigenvalue weighted by atomic mass is 127. The van der Waals surface area contributed by atoms with Crippen molar-refractivity contribution in [2.75, 3.05) is 6.54 Å². The number of hydrogen-bond donors (Lipinski definition) is 2. The van der Waals surface area contributed by atoms with E-state index in [1.807, 2.05) is 64.6 Å². The van der Waals surface area contributed by atoms with Crippen molar-refractivity contribution in [2.45, 2.75) is 98.3 Å². The molecule has 1 unspecified atom stereocenters. The van der Waals surface area contributed by atoms with Crippen LogP contribution in [-0.4, -0.2) is 40.8 Å². The van der Waals surface area contributed by atoms with Crippen LogP contribution in [0.15, 0.2) is 24.3 Å². The van der Waals surface area contributed by atoms with E-state index in [-0.39, 0.29) is 23.6 Å². The van der Waals surface area contributed by atoms with Gasteiger partial charge in [-0.05, 0) is 99.1 Å². The number of likely N-dealkylation sites (tertiary alicyclic amines) is 1. The second-order valence-corrected chi connectivity index (χ2v) is 12.5. The summed E-state index contributed by atoms with van der Waals surface area (Å²) in [6.07, 6.45) is 4.28. The monoisotopic (exact) mass is 613 g/mol. The lowest BCUT2D eigenvalue weighted by molar-refractivity contribution is -0.154. The van der Waals surface area contributed by atoms with Crippen LogP contribution in [0, 0.1) is 21.3 Å². The van der Waals surface area contributed by atoms with Gasteiger partial charge in [0.1, 0.15) is 6.04 Å². The van der Waals surface area contributed by atoms with Crippen molar-refractivity contribution in [3.63, 3.8) is 0 Å². The zero-order valence-corrected chi connectivity index (χ0v) is 24.9. The molecule has 1 heterocycles. The molecule has 2 N–H and O–H groups in total. The topological polar surface area (TPSA) is 87.7 Å². The van der Waals surface area contributed by atoms with Gasteiger partial charge in [0.2, 0.25) is 17.7 Å². The number of carbonyl (C=O) groups is 3. The molecule has 1 aliphatic heterocycles. The molecule has 1 aromatic carbocycles. The standard InChI is InChI=1S/C28H44IN3O4/c1-7-11-22(26(34)31-36-28(4,5)6)23(16-19(2)3)25(33)30-24-14-8-9-15-32(27(24)35)18-20-12-10-13-21(29)17-20/h10,12-13,17,19,22-24H,7-9,11,14-16,18H2,1-6H3,(H,30,33)(H,31,34)/t22-,23?,24-/m0/s1. The molecule has 36 heavy (non-hydrogen) atoms. The normalized spacial score (nSPS) is 18.5. The van der Waals surface area contributed by atoms with E-state index >= 15 is 0 Å². The quantitative estimate of drug-likeness (QED) is 0.265. The van der Waals surface area contributed by atoms with Crippen LogP contribution in [0.2, 0.25) is 0 Å². The van der Waals surface area contributed by atoms with Gasteiger partial charge in [-0.15, -0.1) is 0 Å². The Morgan fingerprint density at radius 3 is 2.50 bits per heavy atom. The van der Waals surface area contributed by atoms with Gasteiger partial charge in [-0.25, -0.2) is 5.48 Å². The molecule has 1 aliphatic rings. The lowest BCUT2D eigenvalue weighted by atomic mass is 9.81. The molecule has 0 bridgehead atoms. The van der Waals surface area contributed by atoms with Gasteiger partial charge in [-0.1, -0.05) is 39.3 Å². The molecule has 1 saturated heterocycles. The smallest absolute Gasteiger partial charge is 0.247 e. The molecular weight excluding hydrogens is 569 g/mol. The van der Waals surface area contributed by atoms with E-state index in [1.165, 1.54) is 0 Å². The van der Waals surface area contributed by atoms with Crippen LogP contribution in [-0.2, 0) is 25.8 Å². The van der Waals surface area contributed by atoms with Crippen molar-refractivity contribution in [1.82, 2.24) is 15.7 Å². The molecular formula is C28H44IN3O4. The average Bonchev–Trinajstić information content (AvgIpc) is 2.95. The zero-order chi connectivity index (χ0) is 26.9. The first-order chi connectivity index (χ1) is 16.9.